The Bertz CT molecular complexity index is 4220. The number of hydrogen-bond donors (Lipinski definition) is 1. The standard InChI is InChI=1S/C15H21N3.C15H28O2.C14H21F3N2S.C14H21FN2.C14H24.C13H22N2O.C11H18F3NO.C11H18N2O.C8H17N/c1-12(2)13-6-8-18(9-7-13)11-15-5-3-4-14(10-16)17-15;1-11(2)13-8-6-12(7-9-13)10-14(16)17-15(3,4)5;1-13(2,3)10-4-6-19(7-5-10)8-11-9-20-12(18-11)14(15,16)17;1-11(2)13-3-5-17(6-4-13)10-12-7-14(15)9-16-8-12;1-5-6-7-8-12-9-10-13(11-12)14(2,3)4;1-10(2)11-6-5-7-15(8-11)12(16)13(3,4)9-14;1-8(2)9-4-3-5-15(7-9)10(16)6-11(12,13)14;1-9(2)10-4-3-7-13(8-10)11(14)5-6-12;1-6(2)7-3-4-8(9)5-7/h3-5,12-13H,6-9,11H2,1-2H3;11-13H,6-10H2,1-5H3;9-10H,4-8H2,1-3H3;7-9,11,13H,3-6,10H2,1-2H3;1,12-13H,6-11H2,2-4H3;10-11H,5-8H2,1-4H3;8-9H,3-7H2,1-2H3;9-10H,3-5,7-8H2,1-2H3;6-8H,3-5,9H2,1-2H3/t;;;;;11-;9-;10-;/m.....111./s1. The third-order valence-corrected chi connectivity index (χ3v) is 32.0. The Labute approximate surface area is 854 Å². The molecule has 26 heteroatoms. The number of carbonyl (C=O) groups excluding carboxylic acids is 4. The Kier molecular flexibility index (Phi) is 55.9. The van der Waals surface area contributed by atoms with Crippen LogP contribution in [0.3, 0.4) is 0 Å². The van der Waals surface area contributed by atoms with Crippen LogP contribution in [0.2, 0.25) is 0 Å². The van der Waals surface area contributed by atoms with Gasteiger partial charge in [-0.05, 0) is 363 Å². The molecule has 0 bridgehead atoms. The number of carbonyl (C=O) groups is 4. The molecule has 2 N–H and O–H groups in total. The molecule has 9 fully saturated rings. The molecule has 12 rings (SSSR count). The highest BCUT2D eigenvalue weighted by Crippen LogP contribution is 2.45. The molecule has 3 aromatic rings. The molecule has 9 heterocycles. The number of pyridine rings is 2. The van der Waals surface area contributed by atoms with Crippen LogP contribution in [0.5, 0.6) is 0 Å². The molecule has 800 valence electrons. The van der Waals surface area contributed by atoms with Crippen molar-refractivity contribution in [2.75, 3.05) is 78.5 Å². The minimum Gasteiger partial charge on any atom is -0.460 e. The lowest BCUT2D eigenvalue weighted by Gasteiger charge is -2.38. The van der Waals surface area contributed by atoms with Gasteiger partial charge in [-0.1, -0.05) is 151 Å². The van der Waals surface area contributed by atoms with Crippen molar-refractivity contribution in [2.24, 2.45) is 129 Å². The summed E-state index contributed by atoms with van der Waals surface area (Å²) in [6, 6.07) is 13.9. The van der Waals surface area contributed by atoms with Gasteiger partial charge in [0, 0.05) is 89.4 Å². The number of hydrogen-bond acceptors (Lipinski definition) is 16. The molecule has 3 saturated carbocycles. The van der Waals surface area contributed by atoms with Gasteiger partial charge < -0.3 is 25.2 Å². The maximum Gasteiger partial charge on any atom is 0.443 e. The summed E-state index contributed by atoms with van der Waals surface area (Å²) >= 11 is 0.687. The van der Waals surface area contributed by atoms with E-state index in [1.54, 1.807) is 32.2 Å². The van der Waals surface area contributed by atoms with Crippen LogP contribution in [-0.2, 0) is 49.7 Å². The molecule has 7 atom stereocenters. The van der Waals surface area contributed by atoms with E-state index in [-0.39, 0.29) is 35.6 Å². The van der Waals surface area contributed by atoms with E-state index in [0.717, 1.165) is 194 Å². The number of unbranched alkanes of at least 4 members (excludes halogenated alkanes) is 1. The third kappa shape index (κ3) is 50.4. The Morgan fingerprint density at radius 1 is 0.511 bits per heavy atom. The summed E-state index contributed by atoms with van der Waals surface area (Å²) in [7, 11) is 0. The summed E-state index contributed by atoms with van der Waals surface area (Å²) in [5.41, 5.74) is 8.42. The van der Waals surface area contributed by atoms with E-state index in [2.05, 4.69) is 172 Å². The fraction of sp³-hybridized carbons (Fsp3) is 0.809. The zero-order valence-electron chi connectivity index (χ0n) is 92.0. The van der Waals surface area contributed by atoms with Crippen molar-refractivity contribution in [3.8, 4) is 30.6 Å². The third-order valence-electron chi connectivity index (χ3n) is 31.1. The molecule has 3 aliphatic carbocycles. The van der Waals surface area contributed by atoms with Crippen molar-refractivity contribution < 1.29 is 54.6 Å². The van der Waals surface area contributed by atoms with E-state index >= 15 is 0 Å². The molecule has 4 unspecified atom stereocenters. The fourth-order valence-corrected chi connectivity index (χ4v) is 21.7. The van der Waals surface area contributed by atoms with Gasteiger partial charge in [-0.3, -0.25) is 38.9 Å². The Balaban J connectivity index is 0.000000333. The zero-order valence-corrected chi connectivity index (χ0v) is 92.8. The quantitative estimate of drug-likeness (QED) is 0.0452. The summed E-state index contributed by atoms with van der Waals surface area (Å²) in [5.74, 6) is 14.8. The molecular weight excluding hydrogens is 1810 g/mol. The van der Waals surface area contributed by atoms with Crippen LogP contribution in [0.25, 0.3) is 0 Å². The van der Waals surface area contributed by atoms with Crippen molar-refractivity contribution in [2.45, 2.75) is 397 Å². The topological polar surface area (TPSA) is 233 Å². The van der Waals surface area contributed by atoms with Gasteiger partial charge in [-0.25, -0.2) is 14.4 Å². The predicted molar refractivity (Wildman–Crippen MR) is 560 cm³/mol. The normalized spacial score (nSPS) is 22.8. The number of nitrogens with two attached hydrogens (primary N) is 1. The lowest BCUT2D eigenvalue weighted by atomic mass is 9.75. The fourth-order valence-electron chi connectivity index (χ4n) is 21.1. The molecule has 6 aliphatic heterocycles. The van der Waals surface area contributed by atoms with Gasteiger partial charge in [0.2, 0.25) is 17.7 Å². The summed E-state index contributed by atoms with van der Waals surface area (Å²) in [6.07, 6.45) is 29.3. The number of piperidine rings is 6. The van der Waals surface area contributed by atoms with Gasteiger partial charge in [-0.15, -0.1) is 23.7 Å². The van der Waals surface area contributed by atoms with Crippen molar-refractivity contribution in [1.29, 1.82) is 15.8 Å². The van der Waals surface area contributed by atoms with Gasteiger partial charge in [-0.2, -0.15) is 42.1 Å². The molecule has 3 aromatic heterocycles. The molecule has 9 aliphatic rings. The number of likely N-dealkylation sites (tertiary alicyclic amines) is 6. The molecule has 0 radical (unpaired) electrons. The summed E-state index contributed by atoms with van der Waals surface area (Å²) in [5, 5.41) is 27.0. The maximum atomic E-state index is 13.0. The van der Waals surface area contributed by atoms with E-state index < -0.39 is 35.1 Å². The lowest BCUT2D eigenvalue weighted by molar-refractivity contribution is -0.163. The summed E-state index contributed by atoms with van der Waals surface area (Å²) in [4.78, 5) is 70.8. The number of alkyl halides is 6. The highest BCUT2D eigenvalue weighted by Gasteiger charge is 2.40. The van der Waals surface area contributed by atoms with Crippen molar-refractivity contribution in [3.63, 3.8) is 0 Å². The number of esters is 1. The van der Waals surface area contributed by atoms with Crippen LogP contribution in [-0.4, -0.2) is 164 Å². The first-order valence-corrected chi connectivity index (χ1v) is 55.0. The molecular formula is C115H190F7N13O5S. The molecule has 141 heavy (non-hydrogen) atoms. The number of aromatic nitrogens is 3. The molecule has 0 aromatic carbocycles. The number of amides is 3. The highest BCUT2D eigenvalue weighted by atomic mass is 32.1. The van der Waals surface area contributed by atoms with E-state index in [1.807, 2.05) is 62.6 Å². The first-order valence-electron chi connectivity index (χ1n) is 54.1. The second kappa shape index (κ2) is 62.4. The Morgan fingerprint density at radius 3 is 1.38 bits per heavy atom. The molecule has 6 saturated heterocycles. The van der Waals surface area contributed by atoms with Crippen LogP contribution in [0.1, 0.15) is 381 Å². The van der Waals surface area contributed by atoms with E-state index in [1.165, 1.54) is 132 Å². The Morgan fingerprint density at radius 2 is 0.965 bits per heavy atom. The second-order valence-electron chi connectivity index (χ2n) is 48.4. The summed E-state index contributed by atoms with van der Waals surface area (Å²) in [6.45, 7) is 67.4. The number of nitriles is 3. The van der Waals surface area contributed by atoms with Crippen LogP contribution in [0, 0.1) is 175 Å². The summed E-state index contributed by atoms with van der Waals surface area (Å²) < 4.78 is 92.1. The van der Waals surface area contributed by atoms with Gasteiger partial charge in [0.05, 0.1) is 29.7 Å². The van der Waals surface area contributed by atoms with Crippen LogP contribution in [0.4, 0.5) is 30.7 Å². The predicted octanol–water partition coefficient (Wildman–Crippen LogP) is 27.6. The smallest absolute Gasteiger partial charge is 0.443 e. The van der Waals surface area contributed by atoms with E-state index in [0.29, 0.717) is 113 Å². The minimum absolute atomic E-state index is 0.00199. The number of halogens is 7. The van der Waals surface area contributed by atoms with Gasteiger partial charge in [0.25, 0.3) is 0 Å². The average Bonchev–Trinajstić information content (AvgIpc) is 1.78. The van der Waals surface area contributed by atoms with Gasteiger partial charge >= 0.3 is 18.3 Å². The average molecular weight is 2000 g/mol. The number of terminal acetylenes is 1. The number of rotatable bonds is 21. The lowest BCUT2D eigenvalue weighted by Crippen LogP contribution is -2.46. The van der Waals surface area contributed by atoms with Crippen LogP contribution >= 0.6 is 11.3 Å². The number of ether oxygens (including phenoxy) is 1. The van der Waals surface area contributed by atoms with E-state index in [4.69, 9.17) is 32.7 Å². The highest BCUT2D eigenvalue weighted by molar-refractivity contribution is 7.09. The van der Waals surface area contributed by atoms with Crippen LogP contribution < -0.4 is 5.73 Å². The van der Waals surface area contributed by atoms with Gasteiger partial charge in [0.15, 0.2) is 5.01 Å². The number of thiazole rings is 1. The van der Waals surface area contributed by atoms with Crippen molar-refractivity contribution >= 4 is 35.0 Å². The first kappa shape index (κ1) is 126. The van der Waals surface area contributed by atoms with Crippen molar-refractivity contribution in [1.82, 2.24) is 44.4 Å². The molecule has 3 amide bonds. The molecule has 18 nitrogen and oxygen atoms in total. The SMILES string of the molecule is C#CCCCC1CCC(C(C)(C)C)C1.CC(C)(C)C1CCN(Cc2csc(C(F)(F)F)n2)CC1.CC(C)C1CCC(CC(=O)OC(C)(C)C)CC1.CC(C)C1CCC(N)C1.CC(C)C1CCN(Cc2cccc(C#N)n2)CC1.CC(C)C1CCN(Cc2cncc(F)c2)CC1.CC(C)[C@@H]1CCCN(C(=O)C(C)(C)C#N)C1.CC(C)[C@@H]1CCCN(C(=O)CC#N)C1.CC(C)[C@@H]1CCCN(C(=O)CC(F)(F)F)C1. The van der Waals surface area contributed by atoms with E-state index in [9.17, 15) is 49.9 Å². The minimum atomic E-state index is -4.39. The maximum absolute atomic E-state index is 13.0. The first-order chi connectivity index (χ1) is 65.8. The Hall–Kier alpha value is -6.81. The molecule has 0 spiro atoms. The zero-order chi connectivity index (χ0) is 106. The number of nitrogens with zero attached hydrogens (tertiary/aromatic N) is 12. The monoisotopic (exact) mass is 2000 g/mol. The van der Waals surface area contributed by atoms with Crippen molar-refractivity contribution in [3.05, 3.63) is 75.5 Å². The van der Waals surface area contributed by atoms with Gasteiger partial charge in [0.1, 0.15) is 41.4 Å². The second-order valence-corrected chi connectivity index (χ2v) is 49.2. The largest absolute Gasteiger partial charge is 0.460 e. The van der Waals surface area contributed by atoms with Crippen LogP contribution in [0.15, 0.2) is 42.0 Å².